The Bertz CT molecular complexity index is 831. The molecule has 1 spiro atoms. The maximum atomic E-state index is 13.7. The Hall–Kier alpha value is -2.63. The van der Waals surface area contributed by atoms with Crippen LogP contribution in [0.4, 0.5) is 14.5 Å². The van der Waals surface area contributed by atoms with E-state index in [9.17, 15) is 13.6 Å². The van der Waals surface area contributed by atoms with E-state index in [0.717, 1.165) is 37.8 Å². The molecule has 0 unspecified atom stereocenters. The SMILES string of the molecule is O=C(Nc1ccc2c(c1)OC1(CCCCC1)O2)c1ccc(F)cc1F. The first-order valence-electron chi connectivity index (χ1n) is 8.33. The van der Waals surface area contributed by atoms with Gasteiger partial charge in [-0.25, -0.2) is 8.78 Å². The molecule has 1 amide bonds. The van der Waals surface area contributed by atoms with Crippen LogP contribution in [0.1, 0.15) is 42.5 Å². The predicted molar refractivity (Wildman–Crippen MR) is 87.8 cm³/mol. The summed E-state index contributed by atoms with van der Waals surface area (Å²) in [4.78, 5) is 12.2. The van der Waals surface area contributed by atoms with E-state index in [1.165, 1.54) is 6.42 Å². The van der Waals surface area contributed by atoms with Crippen LogP contribution in [0.5, 0.6) is 11.5 Å². The van der Waals surface area contributed by atoms with Crippen molar-refractivity contribution in [3.8, 4) is 11.5 Å². The molecule has 0 atom stereocenters. The lowest BCUT2D eigenvalue weighted by Gasteiger charge is -2.31. The van der Waals surface area contributed by atoms with Crippen molar-refractivity contribution >= 4 is 11.6 Å². The molecule has 0 radical (unpaired) electrons. The fourth-order valence-corrected chi connectivity index (χ4v) is 3.34. The molecule has 2 aromatic carbocycles. The van der Waals surface area contributed by atoms with Gasteiger partial charge in [0.1, 0.15) is 11.6 Å². The maximum absolute atomic E-state index is 13.7. The summed E-state index contributed by atoms with van der Waals surface area (Å²) in [5.41, 5.74) is 0.242. The Morgan fingerprint density at radius 2 is 1.72 bits per heavy atom. The van der Waals surface area contributed by atoms with Crippen LogP contribution in [0.2, 0.25) is 0 Å². The highest BCUT2D eigenvalue weighted by molar-refractivity contribution is 6.04. The Kier molecular flexibility index (Phi) is 3.82. The Morgan fingerprint density at radius 1 is 0.960 bits per heavy atom. The predicted octanol–water partition coefficient (Wildman–Crippen LogP) is 4.65. The number of fused-ring (bicyclic) bond motifs is 1. The number of rotatable bonds is 2. The molecule has 4 rings (SSSR count). The Labute approximate surface area is 143 Å². The van der Waals surface area contributed by atoms with Gasteiger partial charge in [-0.05, 0) is 37.1 Å². The second-order valence-corrected chi connectivity index (χ2v) is 6.42. The van der Waals surface area contributed by atoms with Gasteiger partial charge in [-0.3, -0.25) is 4.79 Å². The monoisotopic (exact) mass is 345 g/mol. The van der Waals surface area contributed by atoms with Crippen molar-refractivity contribution in [2.45, 2.75) is 37.9 Å². The summed E-state index contributed by atoms with van der Waals surface area (Å²) in [5.74, 6) is -1.66. The van der Waals surface area contributed by atoms with Gasteiger partial charge in [0.05, 0.1) is 5.56 Å². The molecule has 1 aliphatic heterocycles. The number of ether oxygens (including phenoxy) is 2. The van der Waals surface area contributed by atoms with Crippen LogP contribution < -0.4 is 14.8 Å². The molecule has 1 aliphatic carbocycles. The van der Waals surface area contributed by atoms with Crippen LogP contribution in [0.3, 0.4) is 0 Å². The van der Waals surface area contributed by atoms with Crippen molar-refractivity contribution < 1.29 is 23.0 Å². The average Bonchev–Trinajstić information content (AvgIpc) is 2.91. The minimum atomic E-state index is -0.903. The van der Waals surface area contributed by atoms with Gasteiger partial charge in [-0.15, -0.1) is 0 Å². The van der Waals surface area contributed by atoms with Crippen molar-refractivity contribution in [3.05, 3.63) is 53.6 Å². The number of hydrogen-bond donors (Lipinski definition) is 1. The molecule has 2 aromatic rings. The standard InChI is InChI=1S/C19H17F2NO3/c20-12-4-6-14(15(21)10-12)18(23)22-13-5-7-16-17(11-13)25-19(24-16)8-2-1-3-9-19/h4-7,10-11H,1-3,8-9H2,(H,22,23). The van der Waals surface area contributed by atoms with Crippen molar-refractivity contribution in [2.24, 2.45) is 0 Å². The zero-order chi connectivity index (χ0) is 17.4. The molecule has 4 nitrogen and oxygen atoms in total. The fraction of sp³-hybridized carbons (Fsp3) is 0.316. The minimum absolute atomic E-state index is 0.220. The van der Waals surface area contributed by atoms with E-state index in [-0.39, 0.29) is 5.56 Å². The summed E-state index contributed by atoms with van der Waals surface area (Å²) in [6.45, 7) is 0. The van der Waals surface area contributed by atoms with Gasteiger partial charge in [0, 0.05) is 30.7 Å². The molecule has 1 N–H and O–H groups in total. The van der Waals surface area contributed by atoms with Gasteiger partial charge >= 0.3 is 0 Å². The van der Waals surface area contributed by atoms with E-state index in [2.05, 4.69) is 5.32 Å². The summed E-state index contributed by atoms with van der Waals surface area (Å²) in [6.07, 6.45) is 4.96. The lowest BCUT2D eigenvalue weighted by atomic mass is 9.94. The zero-order valence-corrected chi connectivity index (χ0v) is 13.5. The van der Waals surface area contributed by atoms with E-state index in [1.807, 2.05) is 0 Å². The van der Waals surface area contributed by atoms with Crippen molar-refractivity contribution in [1.29, 1.82) is 0 Å². The van der Waals surface area contributed by atoms with E-state index >= 15 is 0 Å². The molecule has 1 saturated carbocycles. The molecule has 1 heterocycles. The first-order chi connectivity index (χ1) is 12.0. The topological polar surface area (TPSA) is 47.6 Å². The van der Waals surface area contributed by atoms with Crippen LogP contribution in [0.25, 0.3) is 0 Å². The number of carbonyl (C=O) groups is 1. The number of carbonyl (C=O) groups excluding carboxylic acids is 1. The number of nitrogens with one attached hydrogen (secondary N) is 1. The molecule has 130 valence electrons. The van der Waals surface area contributed by atoms with Crippen molar-refractivity contribution in [2.75, 3.05) is 5.32 Å². The lowest BCUT2D eigenvalue weighted by molar-refractivity contribution is -0.105. The van der Waals surface area contributed by atoms with E-state index < -0.39 is 23.3 Å². The van der Waals surface area contributed by atoms with Gasteiger partial charge in [0.15, 0.2) is 11.5 Å². The highest BCUT2D eigenvalue weighted by Gasteiger charge is 2.42. The fourth-order valence-electron chi connectivity index (χ4n) is 3.34. The summed E-state index contributed by atoms with van der Waals surface area (Å²) in [6, 6.07) is 7.91. The van der Waals surface area contributed by atoms with E-state index in [1.54, 1.807) is 18.2 Å². The summed E-state index contributed by atoms with van der Waals surface area (Å²) in [5, 5.41) is 2.60. The average molecular weight is 345 g/mol. The molecular weight excluding hydrogens is 328 g/mol. The van der Waals surface area contributed by atoms with E-state index in [0.29, 0.717) is 23.3 Å². The van der Waals surface area contributed by atoms with E-state index in [4.69, 9.17) is 9.47 Å². The molecular formula is C19H17F2NO3. The first kappa shape index (κ1) is 15.9. The smallest absolute Gasteiger partial charge is 0.258 e. The second kappa shape index (κ2) is 6.02. The molecule has 6 heteroatoms. The molecule has 0 aromatic heterocycles. The number of anilines is 1. The van der Waals surface area contributed by atoms with Crippen molar-refractivity contribution in [3.63, 3.8) is 0 Å². The Morgan fingerprint density at radius 3 is 2.48 bits per heavy atom. The molecule has 1 fully saturated rings. The minimum Gasteiger partial charge on any atom is -0.448 e. The number of halogens is 2. The first-order valence-corrected chi connectivity index (χ1v) is 8.33. The molecule has 2 aliphatic rings. The largest absolute Gasteiger partial charge is 0.448 e. The normalized spacial score (nSPS) is 17.5. The maximum Gasteiger partial charge on any atom is 0.258 e. The summed E-state index contributed by atoms with van der Waals surface area (Å²) >= 11 is 0. The van der Waals surface area contributed by atoms with Crippen LogP contribution in [0, 0.1) is 11.6 Å². The highest BCUT2D eigenvalue weighted by Crippen LogP contribution is 2.46. The zero-order valence-electron chi connectivity index (χ0n) is 13.5. The second-order valence-electron chi connectivity index (χ2n) is 6.42. The van der Waals surface area contributed by atoms with Gasteiger partial charge < -0.3 is 14.8 Å². The quantitative estimate of drug-likeness (QED) is 0.862. The van der Waals surface area contributed by atoms with Crippen LogP contribution >= 0.6 is 0 Å². The van der Waals surface area contributed by atoms with Gasteiger partial charge in [-0.1, -0.05) is 6.42 Å². The van der Waals surface area contributed by atoms with Gasteiger partial charge in [0.25, 0.3) is 11.7 Å². The molecule has 25 heavy (non-hydrogen) atoms. The molecule has 0 bridgehead atoms. The third-order valence-corrected chi connectivity index (χ3v) is 4.58. The van der Waals surface area contributed by atoms with Gasteiger partial charge in [0.2, 0.25) is 0 Å². The lowest BCUT2D eigenvalue weighted by Crippen LogP contribution is -2.40. The van der Waals surface area contributed by atoms with Crippen molar-refractivity contribution in [1.82, 2.24) is 0 Å². The summed E-state index contributed by atoms with van der Waals surface area (Å²) in [7, 11) is 0. The Balaban J connectivity index is 1.52. The third kappa shape index (κ3) is 3.04. The number of hydrogen-bond acceptors (Lipinski definition) is 3. The summed E-state index contributed by atoms with van der Waals surface area (Å²) < 4.78 is 38.7. The third-order valence-electron chi connectivity index (χ3n) is 4.58. The molecule has 0 saturated heterocycles. The van der Waals surface area contributed by atoms with Crippen LogP contribution in [0.15, 0.2) is 36.4 Å². The number of benzene rings is 2. The van der Waals surface area contributed by atoms with Crippen LogP contribution in [-0.4, -0.2) is 11.7 Å². The van der Waals surface area contributed by atoms with Gasteiger partial charge in [-0.2, -0.15) is 0 Å². The number of amides is 1. The highest BCUT2D eigenvalue weighted by atomic mass is 19.1. The van der Waals surface area contributed by atoms with Crippen LogP contribution in [-0.2, 0) is 0 Å².